The van der Waals surface area contributed by atoms with E-state index in [0.717, 1.165) is 0 Å². The van der Waals surface area contributed by atoms with Gasteiger partial charge >= 0.3 is 5.97 Å². The molecule has 1 aromatic rings. The van der Waals surface area contributed by atoms with Gasteiger partial charge < -0.3 is 4.74 Å². The molecule has 2 nitrogen and oxygen atoms in total. The second-order valence-corrected chi connectivity index (χ2v) is 4.14. The number of carbonyl (C=O) groups excluding carboxylic acids is 1. The molecule has 15 heavy (non-hydrogen) atoms. The molecule has 0 radical (unpaired) electrons. The van der Waals surface area contributed by atoms with Crippen molar-refractivity contribution in [3.05, 3.63) is 33.0 Å². The largest absolute Gasteiger partial charge is 0.469 e. The number of hydrogen-bond donors (Lipinski definition) is 0. The summed E-state index contributed by atoms with van der Waals surface area (Å²) < 4.78 is 18.1. The molecule has 0 saturated carbocycles. The molecule has 0 amide bonds. The monoisotopic (exact) mass is 294 g/mol. The van der Waals surface area contributed by atoms with Crippen molar-refractivity contribution in [1.82, 2.24) is 0 Å². The quantitative estimate of drug-likeness (QED) is 0.631. The molecule has 1 aromatic carbocycles. The Morgan fingerprint density at radius 1 is 1.60 bits per heavy atom. The molecule has 0 bridgehead atoms. The van der Waals surface area contributed by atoms with Crippen LogP contribution in [-0.2, 0) is 16.0 Å². The Kier molecular flexibility index (Phi) is 4.54. The summed E-state index contributed by atoms with van der Waals surface area (Å²) >= 11 is 9.00. The summed E-state index contributed by atoms with van der Waals surface area (Å²) in [4.78, 5) is 10.9. The predicted octanol–water partition coefficient (Wildman–Crippen LogP) is 3.35. The lowest BCUT2D eigenvalue weighted by Gasteiger charge is -2.05. The van der Waals surface area contributed by atoms with Crippen molar-refractivity contribution in [2.45, 2.75) is 12.8 Å². The zero-order valence-corrected chi connectivity index (χ0v) is 10.4. The van der Waals surface area contributed by atoms with Gasteiger partial charge in [-0.25, -0.2) is 4.39 Å². The molecule has 0 spiro atoms. The molecule has 0 unspecified atom stereocenters. The van der Waals surface area contributed by atoms with Gasteiger partial charge in [0.1, 0.15) is 5.82 Å². The molecular formula is C10H9BrClFO2. The predicted molar refractivity (Wildman–Crippen MR) is 59.4 cm³/mol. The first-order valence-corrected chi connectivity index (χ1v) is 5.42. The zero-order valence-electron chi connectivity index (χ0n) is 8.02. The summed E-state index contributed by atoms with van der Waals surface area (Å²) in [6.07, 6.45) is 0.597. The van der Waals surface area contributed by atoms with E-state index in [9.17, 15) is 9.18 Å². The number of hydrogen-bond acceptors (Lipinski definition) is 2. The van der Waals surface area contributed by atoms with E-state index in [1.807, 2.05) is 0 Å². The van der Waals surface area contributed by atoms with E-state index in [1.54, 1.807) is 0 Å². The fourth-order valence-electron chi connectivity index (χ4n) is 1.13. The molecular weight excluding hydrogens is 286 g/mol. The fourth-order valence-corrected chi connectivity index (χ4v) is 1.78. The van der Waals surface area contributed by atoms with Crippen LogP contribution in [-0.4, -0.2) is 13.1 Å². The molecule has 0 fully saturated rings. The number of aryl methyl sites for hydroxylation is 1. The molecule has 82 valence electrons. The molecule has 0 N–H and O–H groups in total. The van der Waals surface area contributed by atoms with Gasteiger partial charge in [-0.2, -0.15) is 0 Å². The van der Waals surface area contributed by atoms with Crippen LogP contribution in [0.1, 0.15) is 12.0 Å². The molecule has 1 rings (SSSR count). The van der Waals surface area contributed by atoms with Crippen LogP contribution in [0.3, 0.4) is 0 Å². The number of ether oxygens (including phenoxy) is 1. The van der Waals surface area contributed by atoms with Gasteiger partial charge in [-0.1, -0.05) is 11.6 Å². The van der Waals surface area contributed by atoms with Crippen LogP contribution in [0.25, 0.3) is 0 Å². The van der Waals surface area contributed by atoms with E-state index in [0.29, 0.717) is 21.5 Å². The third-order valence-corrected chi connectivity index (χ3v) is 3.36. The summed E-state index contributed by atoms with van der Waals surface area (Å²) in [6.45, 7) is 0. The highest BCUT2D eigenvalue weighted by atomic mass is 79.9. The lowest BCUT2D eigenvalue weighted by atomic mass is 10.1. The van der Waals surface area contributed by atoms with Gasteiger partial charge in [-0.05, 0) is 40.0 Å². The van der Waals surface area contributed by atoms with Crippen molar-refractivity contribution >= 4 is 33.5 Å². The Hall–Kier alpha value is -0.610. The molecule has 0 aliphatic heterocycles. The minimum absolute atomic E-state index is 0.203. The average Bonchev–Trinajstić information content (AvgIpc) is 2.20. The highest BCUT2D eigenvalue weighted by molar-refractivity contribution is 9.10. The SMILES string of the molecule is COC(=O)CCc1cc(F)cc(Cl)c1Br. The van der Waals surface area contributed by atoms with Crippen molar-refractivity contribution < 1.29 is 13.9 Å². The maximum Gasteiger partial charge on any atom is 0.305 e. The van der Waals surface area contributed by atoms with Crippen molar-refractivity contribution in [1.29, 1.82) is 0 Å². The first-order valence-electron chi connectivity index (χ1n) is 4.25. The number of rotatable bonds is 3. The number of carbonyl (C=O) groups is 1. The van der Waals surface area contributed by atoms with Crippen molar-refractivity contribution in [3.63, 3.8) is 0 Å². The number of halogens is 3. The second kappa shape index (κ2) is 5.47. The normalized spacial score (nSPS) is 10.1. The summed E-state index contributed by atoms with van der Waals surface area (Å²) in [7, 11) is 1.32. The van der Waals surface area contributed by atoms with Crippen LogP contribution < -0.4 is 0 Å². The van der Waals surface area contributed by atoms with E-state index in [2.05, 4.69) is 20.7 Å². The van der Waals surface area contributed by atoms with Crippen molar-refractivity contribution in [2.24, 2.45) is 0 Å². The summed E-state index contributed by atoms with van der Waals surface area (Å²) in [5.74, 6) is -0.745. The first kappa shape index (κ1) is 12.5. The molecule has 5 heteroatoms. The van der Waals surface area contributed by atoms with E-state index in [-0.39, 0.29) is 12.4 Å². The highest BCUT2D eigenvalue weighted by Gasteiger charge is 2.09. The minimum Gasteiger partial charge on any atom is -0.469 e. The Morgan fingerprint density at radius 3 is 2.87 bits per heavy atom. The smallest absolute Gasteiger partial charge is 0.305 e. The Bertz CT molecular complexity index is 382. The number of esters is 1. The Labute approximate surface area is 101 Å². The van der Waals surface area contributed by atoms with Crippen LogP contribution in [0.15, 0.2) is 16.6 Å². The molecule has 0 aromatic heterocycles. The fraction of sp³-hybridized carbons (Fsp3) is 0.300. The maximum atomic E-state index is 13.0. The molecule has 0 saturated heterocycles. The lowest BCUT2D eigenvalue weighted by molar-refractivity contribution is -0.140. The molecule has 0 heterocycles. The molecule has 0 aliphatic carbocycles. The van der Waals surface area contributed by atoms with Crippen LogP contribution in [0.2, 0.25) is 5.02 Å². The number of methoxy groups -OCH3 is 1. The third-order valence-electron chi connectivity index (χ3n) is 1.89. The summed E-state index contributed by atoms with van der Waals surface area (Å²) in [5, 5.41) is 0.301. The summed E-state index contributed by atoms with van der Waals surface area (Å²) in [5.41, 5.74) is 0.658. The van der Waals surface area contributed by atoms with Gasteiger partial charge in [0.05, 0.1) is 12.1 Å². The third kappa shape index (κ3) is 3.47. The van der Waals surface area contributed by atoms with Crippen LogP contribution in [0, 0.1) is 5.82 Å². The van der Waals surface area contributed by atoms with Gasteiger partial charge in [0, 0.05) is 10.9 Å². The van der Waals surface area contributed by atoms with Crippen LogP contribution in [0.5, 0.6) is 0 Å². The van der Waals surface area contributed by atoms with Crippen molar-refractivity contribution in [2.75, 3.05) is 7.11 Å². The topological polar surface area (TPSA) is 26.3 Å². The highest BCUT2D eigenvalue weighted by Crippen LogP contribution is 2.28. The minimum atomic E-state index is -0.414. The van der Waals surface area contributed by atoms with Gasteiger partial charge in [-0.3, -0.25) is 4.79 Å². The number of benzene rings is 1. The second-order valence-electron chi connectivity index (χ2n) is 2.94. The first-order chi connectivity index (χ1) is 7.04. The summed E-state index contributed by atoms with van der Waals surface area (Å²) in [6, 6.07) is 2.56. The van der Waals surface area contributed by atoms with Crippen LogP contribution in [0.4, 0.5) is 4.39 Å². The average molecular weight is 296 g/mol. The van der Waals surface area contributed by atoms with Gasteiger partial charge in [0.2, 0.25) is 0 Å². The van der Waals surface area contributed by atoms with Gasteiger partial charge in [-0.15, -0.1) is 0 Å². The van der Waals surface area contributed by atoms with E-state index in [1.165, 1.54) is 19.2 Å². The Morgan fingerprint density at radius 2 is 2.27 bits per heavy atom. The van der Waals surface area contributed by atoms with Crippen LogP contribution >= 0.6 is 27.5 Å². The Balaban J connectivity index is 2.81. The standard InChI is InChI=1S/C10H9BrClFO2/c1-15-9(14)3-2-6-4-7(13)5-8(12)10(6)11/h4-5H,2-3H2,1H3. The maximum absolute atomic E-state index is 13.0. The van der Waals surface area contributed by atoms with Gasteiger partial charge in [0.15, 0.2) is 0 Å². The van der Waals surface area contributed by atoms with E-state index >= 15 is 0 Å². The van der Waals surface area contributed by atoms with E-state index in [4.69, 9.17) is 11.6 Å². The van der Waals surface area contributed by atoms with Gasteiger partial charge in [0.25, 0.3) is 0 Å². The zero-order chi connectivity index (χ0) is 11.4. The molecule has 0 aliphatic rings. The van der Waals surface area contributed by atoms with E-state index < -0.39 is 5.82 Å². The lowest BCUT2D eigenvalue weighted by Crippen LogP contribution is -2.02. The van der Waals surface area contributed by atoms with Crippen molar-refractivity contribution in [3.8, 4) is 0 Å². The molecule has 0 atom stereocenters.